The zero-order valence-corrected chi connectivity index (χ0v) is 15.3. The molecular formula is C19H34O4. The lowest BCUT2D eigenvalue weighted by atomic mass is 9.85. The molecule has 0 aliphatic carbocycles. The molecule has 0 bridgehead atoms. The zero-order chi connectivity index (χ0) is 17.2. The molecule has 1 fully saturated rings. The van der Waals surface area contributed by atoms with E-state index >= 15 is 0 Å². The normalized spacial score (nSPS) is 22.1. The highest BCUT2D eigenvalue weighted by Crippen LogP contribution is 2.27. The van der Waals surface area contributed by atoms with Crippen LogP contribution >= 0.6 is 0 Å². The first-order valence-electron chi connectivity index (χ1n) is 9.29. The Hall–Kier alpha value is -1.06. The summed E-state index contributed by atoms with van der Waals surface area (Å²) < 4.78 is 10.9. The van der Waals surface area contributed by atoms with Crippen LogP contribution in [-0.4, -0.2) is 24.1 Å². The van der Waals surface area contributed by atoms with Crippen molar-refractivity contribution in [3.05, 3.63) is 0 Å². The van der Waals surface area contributed by atoms with Crippen LogP contribution < -0.4 is 0 Å². The minimum Gasteiger partial charge on any atom is -0.462 e. The molecule has 4 atom stereocenters. The molecule has 0 saturated carbocycles. The topological polar surface area (TPSA) is 52.6 Å². The van der Waals surface area contributed by atoms with Crippen LogP contribution in [0.1, 0.15) is 85.5 Å². The van der Waals surface area contributed by atoms with Gasteiger partial charge < -0.3 is 9.47 Å². The van der Waals surface area contributed by atoms with E-state index in [1.165, 1.54) is 32.6 Å². The summed E-state index contributed by atoms with van der Waals surface area (Å²) in [4.78, 5) is 22.8. The van der Waals surface area contributed by atoms with Crippen LogP contribution in [0.4, 0.5) is 0 Å². The largest absolute Gasteiger partial charge is 0.462 e. The molecule has 1 aliphatic heterocycles. The van der Waals surface area contributed by atoms with Gasteiger partial charge in [0.25, 0.3) is 0 Å². The number of esters is 2. The van der Waals surface area contributed by atoms with Crippen LogP contribution in [0.5, 0.6) is 0 Å². The van der Waals surface area contributed by atoms with Crippen LogP contribution in [0, 0.1) is 11.8 Å². The highest BCUT2D eigenvalue weighted by molar-refractivity contribution is 5.70. The Morgan fingerprint density at radius 2 is 2.04 bits per heavy atom. The number of cyclic esters (lactones) is 1. The lowest BCUT2D eigenvalue weighted by Crippen LogP contribution is -2.31. The summed E-state index contributed by atoms with van der Waals surface area (Å²) in [5.74, 6) is 0.746. The highest BCUT2D eigenvalue weighted by atomic mass is 16.6. The van der Waals surface area contributed by atoms with Gasteiger partial charge in [-0.05, 0) is 31.1 Å². The van der Waals surface area contributed by atoms with E-state index in [1.807, 2.05) is 0 Å². The quantitative estimate of drug-likeness (QED) is 0.433. The van der Waals surface area contributed by atoms with Crippen LogP contribution in [-0.2, 0) is 19.1 Å². The van der Waals surface area contributed by atoms with Gasteiger partial charge in [0.1, 0.15) is 12.2 Å². The number of hydrogen-bond acceptors (Lipinski definition) is 4. The SMILES string of the molecule is CCCCC[C@H](C)[C@@H](C)C[C@H](C[C@H]1CCCC(=O)O1)OC(C)=O. The predicted molar refractivity (Wildman–Crippen MR) is 91.0 cm³/mol. The molecule has 1 aliphatic rings. The summed E-state index contributed by atoms with van der Waals surface area (Å²) in [6, 6.07) is 0. The lowest BCUT2D eigenvalue weighted by Gasteiger charge is -2.29. The number of unbranched alkanes of at least 4 members (excludes halogenated alkanes) is 2. The van der Waals surface area contributed by atoms with Crippen molar-refractivity contribution in [1.82, 2.24) is 0 Å². The average Bonchev–Trinajstić information content (AvgIpc) is 2.46. The zero-order valence-electron chi connectivity index (χ0n) is 15.3. The number of hydrogen-bond donors (Lipinski definition) is 0. The van der Waals surface area contributed by atoms with Crippen LogP contribution in [0.15, 0.2) is 0 Å². The van der Waals surface area contributed by atoms with Crippen LogP contribution in [0.2, 0.25) is 0 Å². The maximum atomic E-state index is 11.4. The third kappa shape index (κ3) is 8.38. The first kappa shape index (κ1) is 20.0. The van der Waals surface area contributed by atoms with E-state index in [1.54, 1.807) is 0 Å². The average molecular weight is 326 g/mol. The van der Waals surface area contributed by atoms with Crippen molar-refractivity contribution in [2.24, 2.45) is 11.8 Å². The molecule has 0 amide bonds. The number of carbonyl (C=O) groups is 2. The summed E-state index contributed by atoms with van der Waals surface area (Å²) in [5, 5.41) is 0. The summed E-state index contributed by atoms with van der Waals surface area (Å²) in [5.41, 5.74) is 0. The fourth-order valence-corrected chi connectivity index (χ4v) is 3.31. The molecule has 0 radical (unpaired) electrons. The molecule has 0 unspecified atom stereocenters. The summed E-state index contributed by atoms with van der Waals surface area (Å²) in [7, 11) is 0. The Labute approximate surface area is 141 Å². The molecule has 1 heterocycles. The van der Waals surface area contributed by atoms with Gasteiger partial charge in [0.15, 0.2) is 0 Å². The molecule has 1 rings (SSSR count). The van der Waals surface area contributed by atoms with E-state index < -0.39 is 0 Å². The van der Waals surface area contributed by atoms with Crippen molar-refractivity contribution >= 4 is 11.9 Å². The van der Waals surface area contributed by atoms with Crippen LogP contribution in [0.3, 0.4) is 0 Å². The number of carbonyl (C=O) groups excluding carboxylic acids is 2. The molecule has 23 heavy (non-hydrogen) atoms. The second kappa shape index (κ2) is 10.7. The van der Waals surface area contributed by atoms with Crippen molar-refractivity contribution in [3.63, 3.8) is 0 Å². The van der Waals surface area contributed by atoms with Crippen molar-refractivity contribution < 1.29 is 19.1 Å². The van der Waals surface area contributed by atoms with E-state index in [-0.39, 0.29) is 24.1 Å². The van der Waals surface area contributed by atoms with Crippen molar-refractivity contribution in [2.75, 3.05) is 0 Å². The van der Waals surface area contributed by atoms with E-state index in [0.717, 1.165) is 19.3 Å². The molecular weight excluding hydrogens is 292 g/mol. The van der Waals surface area contributed by atoms with Gasteiger partial charge in [-0.3, -0.25) is 9.59 Å². The van der Waals surface area contributed by atoms with E-state index in [0.29, 0.717) is 24.7 Å². The standard InChI is InChI=1S/C19H34O4/c1-5-6-7-9-14(2)15(3)12-18(22-16(4)20)13-17-10-8-11-19(21)23-17/h14-15,17-18H,5-13H2,1-4H3/t14-,15-,17+,18+/m0/s1. The van der Waals surface area contributed by atoms with Gasteiger partial charge in [0.2, 0.25) is 0 Å². The Morgan fingerprint density at radius 1 is 1.30 bits per heavy atom. The van der Waals surface area contributed by atoms with Gasteiger partial charge in [0.05, 0.1) is 0 Å². The summed E-state index contributed by atoms with van der Waals surface area (Å²) >= 11 is 0. The van der Waals surface area contributed by atoms with E-state index in [4.69, 9.17) is 9.47 Å². The van der Waals surface area contributed by atoms with Gasteiger partial charge in [-0.1, -0.05) is 46.5 Å². The first-order valence-corrected chi connectivity index (χ1v) is 9.29. The Bertz CT molecular complexity index is 366. The highest BCUT2D eigenvalue weighted by Gasteiger charge is 2.27. The Morgan fingerprint density at radius 3 is 2.65 bits per heavy atom. The third-order valence-electron chi connectivity index (χ3n) is 4.93. The molecule has 0 aromatic carbocycles. The van der Waals surface area contributed by atoms with E-state index in [9.17, 15) is 9.59 Å². The maximum Gasteiger partial charge on any atom is 0.306 e. The molecule has 0 aromatic rings. The van der Waals surface area contributed by atoms with Crippen molar-refractivity contribution in [3.8, 4) is 0 Å². The molecule has 0 aromatic heterocycles. The Balaban J connectivity index is 2.48. The fourth-order valence-electron chi connectivity index (χ4n) is 3.31. The molecule has 0 spiro atoms. The second-order valence-corrected chi connectivity index (χ2v) is 7.16. The lowest BCUT2D eigenvalue weighted by molar-refractivity contribution is -0.158. The second-order valence-electron chi connectivity index (χ2n) is 7.16. The van der Waals surface area contributed by atoms with Gasteiger partial charge in [-0.2, -0.15) is 0 Å². The summed E-state index contributed by atoms with van der Waals surface area (Å²) in [6.45, 7) is 8.19. The smallest absolute Gasteiger partial charge is 0.306 e. The first-order chi connectivity index (χ1) is 10.9. The fraction of sp³-hybridized carbons (Fsp3) is 0.895. The van der Waals surface area contributed by atoms with Gasteiger partial charge in [-0.15, -0.1) is 0 Å². The molecule has 4 heteroatoms. The minimum absolute atomic E-state index is 0.0943. The monoisotopic (exact) mass is 326 g/mol. The number of rotatable bonds is 10. The number of ether oxygens (including phenoxy) is 2. The van der Waals surface area contributed by atoms with Gasteiger partial charge in [0, 0.05) is 19.8 Å². The van der Waals surface area contributed by atoms with Gasteiger partial charge in [-0.25, -0.2) is 0 Å². The van der Waals surface area contributed by atoms with Crippen molar-refractivity contribution in [1.29, 1.82) is 0 Å². The minimum atomic E-state index is -0.247. The molecule has 0 N–H and O–H groups in total. The summed E-state index contributed by atoms with van der Waals surface area (Å²) in [6.07, 6.45) is 8.52. The molecule has 1 saturated heterocycles. The maximum absolute atomic E-state index is 11.4. The molecule has 134 valence electrons. The van der Waals surface area contributed by atoms with Crippen molar-refractivity contribution in [2.45, 2.75) is 97.7 Å². The van der Waals surface area contributed by atoms with Gasteiger partial charge >= 0.3 is 11.9 Å². The van der Waals surface area contributed by atoms with Crippen LogP contribution in [0.25, 0.3) is 0 Å². The molecule has 4 nitrogen and oxygen atoms in total. The predicted octanol–water partition coefficient (Wildman–Crippen LogP) is 4.65. The Kier molecular flexibility index (Phi) is 9.27. The van der Waals surface area contributed by atoms with E-state index in [2.05, 4.69) is 20.8 Å². The third-order valence-corrected chi connectivity index (χ3v) is 4.93.